The Balaban J connectivity index is 1.78. The summed E-state index contributed by atoms with van der Waals surface area (Å²) < 4.78 is 0. The van der Waals surface area contributed by atoms with Crippen molar-refractivity contribution in [3.8, 4) is 0 Å². The quantitative estimate of drug-likeness (QED) is 0.853. The normalized spacial score (nSPS) is 33.5. The molecule has 2 saturated carbocycles. The number of benzene rings is 1. The summed E-state index contributed by atoms with van der Waals surface area (Å²) in [5.74, 6) is 2.12. The van der Waals surface area contributed by atoms with Gasteiger partial charge in [-0.3, -0.25) is 0 Å². The van der Waals surface area contributed by atoms with Gasteiger partial charge in [-0.15, -0.1) is 0 Å². The van der Waals surface area contributed by atoms with Gasteiger partial charge in [0.1, 0.15) is 0 Å². The average Bonchev–Trinajstić information content (AvgIpc) is 2.93. The molecule has 2 aliphatic carbocycles. The first-order valence-electron chi connectivity index (χ1n) is 7.33. The summed E-state index contributed by atoms with van der Waals surface area (Å²) in [6, 6.07) is 7.02. The Morgan fingerprint density at radius 3 is 2.50 bits per heavy atom. The molecule has 1 aromatic carbocycles. The highest BCUT2D eigenvalue weighted by Gasteiger charge is 2.53. The Bertz CT molecular complexity index is 439. The zero-order chi connectivity index (χ0) is 12.8. The van der Waals surface area contributed by atoms with Crippen LogP contribution in [0.2, 0.25) is 0 Å². The first kappa shape index (κ1) is 12.2. The van der Waals surface area contributed by atoms with E-state index < -0.39 is 0 Å². The van der Waals surface area contributed by atoms with Gasteiger partial charge >= 0.3 is 0 Å². The molecule has 0 spiro atoms. The van der Waals surface area contributed by atoms with Gasteiger partial charge in [0.25, 0.3) is 0 Å². The lowest BCUT2D eigenvalue weighted by atomic mass is 9.77. The Hall–Kier alpha value is -0.820. The highest BCUT2D eigenvalue weighted by Crippen LogP contribution is 2.60. The topological polar surface area (TPSA) is 12.0 Å². The van der Waals surface area contributed by atoms with Crippen molar-refractivity contribution >= 4 is 0 Å². The molecular weight excluding hydrogens is 218 g/mol. The minimum atomic E-state index is 0.546. The van der Waals surface area contributed by atoms with Crippen LogP contribution in [0.15, 0.2) is 18.2 Å². The third-order valence-corrected chi connectivity index (χ3v) is 5.16. The molecule has 0 heterocycles. The van der Waals surface area contributed by atoms with Gasteiger partial charge in [0, 0.05) is 6.54 Å². The van der Waals surface area contributed by atoms with Crippen molar-refractivity contribution in [2.24, 2.45) is 17.3 Å². The second kappa shape index (κ2) is 4.38. The summed E-state index contributed by atoms with van der Waals surface area (Å²) in [5.41, 5.74) is 4.94. The summed E-state index contributed by atoms with van der Waals surface area (Å²) in [7, 11) is 2.10. The molecule has 2 unspecified atom stereocenters. The van der Waals surface area contributed by atoms with Crippen LogP contribution < -0.4 is 5.32 Å². The van der Waals surface area contributed by atoms with Gasteiger partial charge in [0.15, 0.2) is 0 Å². The van der Waals surface area contributed by atoms with Crippen molar-refractivity contribution in [1.82, 2.24) is 5.32 Å². The van der Waals surface area contributed by atoms with Gasteiger partial charge in [-0.2, -0.15) is 0 Å². The van der Waals surface area contributed by atoms with Crippen LogP contribution in [0.1, 0.15) is 36.0 Å². The maximum Gasteiger partial charge on any atom is 0.000820 e. The van der Waals surface area contributed by atoms with Crippen molar-refractivity contribution in [2.45, 2.75) is 39.5 Å². The molecule has 0 radical (unpaired) electrons. The van der Waals surface area contributed by atoms with E-state index in [0.29, 0.717) is 5.41 Å². The van der Waals surface area contributed by atoms with Crippen LogP contribution in [0.3, 0.4) is 0 Å². The summed E-state index contributed by atoms with van der Waals surface area (Å²) in [6.45, 7) is 5.62. The molecule has 0 saturated heterocycles. The predicted molar refractivity (Wildman–Crippen MR) is 76.8 cm³/mol. The molecule has 0 aliphatic heterocycles. The van der Waals surface area contributed by atoms with Gasteiger partial charge in [0.05, 0.1) is 0 Å². The maximum atomic E-state index is 3.44. The van der Waals surface area contributed by atoms with E-state index in [1.54, 1.807) is 0 Å². The molecule has 1 nitrogen and oxygen atoms in total. The van der Waals surface area contributed by atoms with E-state index in [9.17, 15) is 0 Å². The zero-order valence-electron chi connectivity index (χ0n) is 11.9. The van der Waals surface area contributed by atoms with E-state index >= 15 is 0 Å². The fraction of sp³-hybridized carbons (Fsp3) is 0.647. The van der Waals surface area contributed by atoms with Crippen molar-refractivity contribution in [1.29, 1.82) is 0 Å². The van der Waals surface area contributed by atoms with Gasteiger partial charge < -0.3 is 5.32 Å². The number of nitrogens with one attached hydrogen (secondary N) is 1. The Morgan fingerprint density at radius 2 is 1.89 bits per heavy atom. The van der Waals surface area contributed by atoms with Crippen LogP contribution >= 0.6 is 0 Å². The van der Waals surface area contributed by atoms with Crippen LogP contribution in [0, 0.1) is 31.1 Å². The monoisotopic (exact) mass is 243 g/mol. The third-order valence-electron chi connectivity index (χ3n) is 5.16. The van der Waals surface area contributed by atoms with E-state index in [2.05, 4.69) is 44.4 Å². The standard InChI is InChI=1S/C17H25N/c1-12-4-5-14(6-13(12)2)8-17(11-18-3)9-15-7-16(15)10-17/h4-6,15-16,18H,7-11H2,1-3H3. The maximum absolute atomic E-state index is 3.44. The first-order chi connectivity index (χ1) is 8.62. The third kappa shape index (κ3) is 2.21. The van der Waals surface area contributed by atoms with Gasteiger partial charge in [-0.25, -0.2) is 0 Å². The fourth-order valence-corrected chi connectivity index (χ4v) is 4.08. The Morgan fingerprint density at radius 1 is 1.17 bits per heavy atom. The highest BCUT2D eigenvalue weighted by atomic mass is 14.8. The van der Waals surface area contributed by atoms with E-state index in [1.807, 2.05) is 0 Å². The molecule has 0 aromatic heterocycles. The molecule has 98 valence electrons. The SMILES string of the molecule is CNCC1(Cc2ccc(C)c(C)c2)CC2CC2C1. The number of hydrogen-bond donors (Lipinski definition) is 1. The van der Waals surface area contributed by atoms with Gasteiger partial charge in [-0.05, 0) is 80.5 Å². The zero-order valence-corrected chi connectivity index (χ0v) is 11.9. The summed E-state index contributed by atoms with van der Waals surface area (Å²) in [4.78, 5) is 0. The molecule has 0 bridgehead atoms. The second-order valence-corrected chi connectivity index (χ2v) is 6.79. The fourth-order valence-electron chi connectivity index (χ4n) is 4.08. The lowest BCUT2D eigenvalue weighted by Crippen LogP contribution is -2.33. The van der Waals surface area contributed by atoms with E-state index in [4.69, 9.17) is 0 Å². The smallest absolute Gasteiger partial charge is 0.000820 e. The van der Waals surface area contributed by atoms with Crippen LogP contribution in [-0.4, -0.2) is 13.6 Å². The Kier molecular flexibility index (Phi) is 2.97. The molecule has 2 atom stereocenters. The van der Waals surface area contributed by atoms with Crippen LogP contribution in [0.4, 0.5) is 0 Å². The van der Waals surface area contributed by atoms with Crippen molar-refractivity contribution in [3.05, 3.63) is 34.9 Å². The van der Waals surface area contributed by atoms with Crippen LogP contribution in [0.5, 0.6) is 0 Å². The van der Waals surface area contributed by atoms with Crippen molar-refractivity contribution < 1.29 is 0 Å². The van der Waals surface area contributed by atoms with Crippen molar-refractivity contribution in [3.63, 3.8) is 0 Å². The molecule has 1 aromatic rings. The number of rotatable bonds is 4. The molecule has 2 fully saturated rings. The lowest BCUT2D eigenvalue weighted by molar-refractivity contribution is 0.255. The van der Waals surface area contributed by atoms with E-state index in [-0.39, 0.29) is 0 Å². The predicted octanol–water partition coefficient (Wildman–Crippen LogP) is 3.48. The summed E-state index contributed by atoms with van der Waals surface area (Å²) >= 11 is 0. The highest BCUT2D eigenvalue weighted by molar-refractivity contribution is 5.31. The van der Waals surface area contributed by atoms with Crippen molar-refractivity contribution in [2.75, 3.05) is 13.6 Å². The van der Waals surface area contributed by atoms with Crippen LogP contribution in [-0.2, 0) is 6.42 Å². The van der Waals surface area contributed by atoms with E-state index in [1.165, 1.54) is 48.9 Å². The minimum Gasteiger partial charge on any atom is -0.319 e. The number of hydrogen-bond acceptors (Lipinski definition) is 1. The molecule has 1 N–H and O–H groups in total. The van der Waals surface area contributed by atoms with Gasteiger partial charge in [0.2, 0.25) is 0 Å². The summed E-state index contributed by atoms with van der Waals surface area (Å²) in [6.07, 6.45) is 5.68. The first-order valence-corrected chi connectivity index (χ1v) is 7.33. The second-order valence-electron chi connectivity index (χ2n) is 6.79. The van der Waals surface area contributed by atoms with E-state index in [0.717, 1.165) is 11.8 Å². The average molecular weight is 243 g/mol. The number of fused-ring (bicyclic) bond motifs is 1. The Labute approximate surface area is 111 Å². The largest absolute Gasteiger partial charge is 0.319 e. The molecule has 0 amide bonds. The molecular formula is C17H25N. The molecule has 1 heteroatoms. The summed E-state index contributed by atoms with van der Waals surface area (Å²) in [5, 5.41) is 3.44. The van der Waals surface area contributed by atoms with Gasteiger partial charge in [-0.1, -0.05) is 18.2 Å². The van der Waals surface area contributed by atoms with Crippen LogP contribution in [0.25, 0.3) is 0 Å². The lowest BCUT2D eigenvalue weighted by Gasteiger charge is -2.31. The molecule has 18 heavy (non-hydrogen) atoms. The molecule has 3 rings (SSSR count). The molecule has 2 aliphatic rings. The minimum absolute atomic E-state index is 0.546. The number of aryl methyl sites for hydroxylation is 2.